The second kappa shape index (κ2) is 6.79. The molecule has 0 unspecified atom stereocenters. The Morgan fingerprint density at radius 1 is 1.04 bits per heavy atom. The summed E-state index contributed by atoms with van der Waals surface area (Å²) in [6.45, 7) is 5.71. The summed E-state index contributed by atoms with van der Waals surface area (Å²) < 4.78 is 1.26. The zero-order chi connectivity index (χ0) is 18.8. The fourth-order valence-electron chi connectivity index (χ4n) is 2.51. The lowest BCUT2D eigenvalue weighted by Crippen LogP contribution is -2.14. The molecule has 0 radical (unpaired) electrons. The fraction of sp³-hybridized carbons (Fsp3) is 0.158. The van der Waals surface area contributed by atoms with Gasteiger partial charge in [0, 0.05) is 0 Å². The molecular weight excluding hydrogens is 332 g/mol. The number of aromatic carboxylic acids is 1. The summed E-state index contributed by atoms with van der Waals surface area (Å²) in [6.07, 6.45) is 0. The average molecular weight is 350 g/mol. The van der Waals surface area contributed by atoms with E-state index in [1.54, 1.807) is 19.1 Å². The molecule has 0 aliphatic heterocycles. The molecule has 2 N–H and O–H groups in total. The van der Waals surface area contributed by atoms with Gasteiger partial charge in [-0.2, -0.15) is 5.11 Å². The number of nitrogens with one attached hydrogen (secondary N) is 1. The van der Waals surface area contributed by atoms with Crippen molar-refractivity contribution < 1.29 is 9.90 Å². The maximum Gasteiger partial charge on any atom is 0.335 e. The molecule has 1 aromatic heterocycles. The fourth-order valence-corrected chi connectivity index (χ4v) is 2.51. The normalized spacial score (nSPS) is 11.2. The Balaban J connectivity index is 1.99. The van der Waals surface area contributed by atoms with Crippen molar-refractivity contribution in [3.63, 3.8) is 0 Å². The number of carbonyl (C=O) groups is 1. The molecule has 0 aliphatic rings. The maximum absolute atomic E-state index is 12.6. The van der Waals surface area contributed by atoms with E-state index in [-0.39, 0.29) is 11.3 Å². The van der Waals surface area contributed by atoms with Gasteiger partial charge in [-0.1, -0.05) is 12.1 Å². The minimum absolute atomic E-state index is 0.0972. The number of carboxylic acids is 1. The lowest BCUT2D eigenvalue weighted by molar-refractivity contribution is 0.0697. The van der Waals surface area contributed by atoms with Gasteiger partial charge in [0.15, 0.2) is 5.69 Å². The van der Waals surface area contributed by atoms with E-state index in [1.807, 2.05) is 32.0 Å². The second-order valence-electron chi connectivity index (χ2n) is 6.05. The molecule has 0 saturated carbocycles. The summed E-state index contributed by atoms with van der Waals surface area (Å²) in [5.41, 5.74) is 3.76. The molecule has 1 heterocycles. The highest BCUT2D eigenvalue weighted by molar-refractivity contribution is 5.88. The summed E-state index contributed by atoms with van der Waals surface area (Å²) in [5, 5.41) is 20.3. The molecule has 0 amide bonds. The number of carboxylic acid groups (broad SMARTS) is 1. The largest absolute Gasteiger partial charge is 0.478 e. The molecule has 7 heteroatoms. The van der Waals surface area contributed by atoms with Gasteiger partial charge in [0.25, 0.3) is 5.56 Å². The quantitative estimate of drug-likeness (QED) is 0.689. The molecule has 7 nitrogen and oxygen atoms in total. The van der Waals surface area contributed by atoms with E-state index in [0.29, 0.717) is 17.1 Å². The third-order valence-electron chi connectivity index (χ3n) is 4.15. The minimum atomic E-state index is -1.06. The molecule has 0 spiro atoms. The molecule has 0 fully saturated rings. The maximum atomic E-state index is 12.6. The Labute approximate surface area is 149 Å². The highest BCUT2D eigenvalue weighted by Crippen LogP contribution is 2.21. The van der Waals surface area contributed by atoms with Crippen LogP contribution in [0.3, 0.4) is 0 Å². The molecule has 3 rings (SSSR count). The van der Waals surface area contributed by atoms with Crippen molar-refractivity contribution in [3.05, 3.63) is 75.2 Å². The molecule has 0 aliphatic carbocycles. The standard InChI is InChI=1S/C19H18N4O3/c1-11-7-8-15(9-12(11)2)20-21-17-13(3)22-23(18(17)24)16-6-4-5-14(10-16)19(25)26/h4-10,22H,1-3H3,(H,25,26). The van der Waals surface area contributed by atoms with Gasteiger partial charge in [-0.15, -0.1) is 5.11 Å². The lowest BCUT2D eigenvalue weighted by atomic mass is 10.1. The number of aryl methyl sites for hydroxylation is 3. The molecule has 0 bridgehead atoms. The van der Waals surface area contributed by atoms with Gasteiger partial charge < -0.3 is 5.11 Å². The Bertz CT molecular complexity index is 1080. The van der Waals surface area contributed by atoms with Crippen LogP contribution >= 0.6 is 0 Å². The van der Waals surface area contributed by atoms with E-state index in [0.717, 1.165) is 11.1 Å². The van der Waals surface area contributed by atoms with Crippen LogP contribution in [0.4, 0.5) is 11.4 Å². The van der Waals surface area contributed by atoms with E-state index in [4.69, 9.17) is 5.11 Å². The average Bonchev–Trinajstić information content (AvgIpc) is 2.90. The Morgan fingerprint density at radius 2 is 1.81 bits per heavy atom. The van der Waals surface area contributed by atoms with Crippen molar-refractivity contribution in [3.8, 4) is 5.69 Å². The van der Waals surface area contributed by atoms with Crippen molar-refractivity contribution in [1.82, 2.24) is 9.78 Å². The molecule has 0 saturated heterocycles. The summed E-state index contributed by atoms with van der Waals surface area (Å²) in [6, 6.07) is 11.8. The minimum Gasteiger partial charge on any atom is -0.478 e. The summed E-state index contributed by atoms with van der Waals surface area (Å²) in [5.74, 6) is -1.06. The van der Waals surface area contributed by atoms with Crippen LogP contribution in [0.25, 0.3) is 5.69 Å². The number of nitrogens with zero attached hydrogens (tertiary/aromatic N) is 3. The van der Waals surface area contributed by atoms with Crippen LogP contribution in [0.5, 0.6) is 0 Å². The highest BCUT2D eigenvalue weighted by atomic mass is 16.4. The molecule has 132 valence electrons. The Kier molecular flexibility index (Phi) is 4.53. The SMILES string of the molecule is Cc1ccc(N=Nc2c(C)[nH]n(-c3cccc(C(=O)O)c3)c2=O)cc1C. The van der Waals surface area contributed by atoms with Crippen molar-refractivity contribution in [2.45, 2.75) is 20.8 Å². The summed E-state index contributed by atoms with van der Waals surface area (Å²) in [7, 11) is 0. The van der Waals surface area contributed by atoms with Gasteiger partial charge in [-0.3, -0.25) is 9.89 Å². The van der Waals surface area contributed by atoms with Crippen molar-refractivity contribution in [1.29, 1.82) is 0 Å². The van der Waals surface area contributed by atoms with Gasteiger partial charge in [0.05, 0.1) is 22.6 Å². The summed E-state index contributed by atoms with van der Waals surface area (Å²) in [4.78, 5) is 23.8. The first-order valence-corrected chi connectivity index (χ1v) is 8.01. The number of benzene rings is 2. The number of aromatic nitrogens is 2. The molecule has 3 aromatic rings. The molecular formula is C19H18N4O3. The number of hydrogen-bond acceptors (Lipinski definition) is 4. The number of aromatic amines is 1. The topological polar surface area (TPSA) is 99.8 Å². The lowest BCUT2D eigenvalue weighted by Gasteiger charge is -2.02. The zero-order valence-electron chi connectivity index (χ0n) is 14.6. The van der Waals surface area contributed by atoms with Crippen molar-refractivity contribution >= 4 is 17.3 Å². The van der Waals surface area contributed by atoms with Crippen LogP contribution in [0.2, 0.25) is 0 Å². The summed E-state index contributed by atoms with van der Waals surface area (Å²) >= 11 is 0. The predicted molar refractivity (Wildman–Crippen MR) is 98.2 cm³/mol. The number of azo groups is 1. The first-order chi connectivity index (χ1) is 12.4. The zero-order valence-corrected chi connectivity index (χ0v) is 14.6. The number of hydrogen-bond donors (Lipinski definition) is 2. The first-order valence-electron chi connectivity index (χ1n) is 8.01. The van der Waals surface area contributed by atoms with E-state index in [9.17, 15) is 9.59 Å². The van der Waals surface area contributed by atoms with Gasteiger partial charge in [-0.25, -0.2) is 9.48 Å². The van der Waals surface area contributed by atoms with Crippen LogP contribution < -0.4 is 5.56 Å². The van der Waals surface area contributed by atoms with E-state index in [2.05, 4.69) is 15.3 Å². The molecule has 0 atom stereocenters. The van der Waals surface area contributed by atoms with Crippen LogP contribution in [0, 0.1) is 20.8 Å². The Hall–Kier alpha value is -3.48. The molecule has 26 heavy (non-hydrogen) atoms. The smallest absolute Gasteiger partial charge is 0.335 e. The van der Waals surface area contributed by atoms with Crippen molar-refractivity contribution in [2.75, 3.05) is 0 Å². The van der Waals surface area contributed by atoms with E-state index < -0.39 is 11.5 Å². The third-order valence-corrected chi connectivity index (χ3v) is 4.15. The van der Waals surface area contributed by atoms with Gasteiger partial charge in [-0.05, 0) is 62.2 Å². The second-order valence-corrected chi connectivity index (χ2v) is 6.05. The van der Waals surface area contributed by atoms with Crippen LogP contribution in [0.1, 0.15) is 27.2 Å². The monoisotopic (exact) mass is 350 g/mol. The predicted octanol–water partition coefficient (Wildman–Crippen LogP) is 4.20. The number of rotatable bonds is 4. The Morgan fingerprint density at radius 3 is 2.50 bits per heavy atom. The molecule has 2 aromatic carbocycles. The van der Waals surface area contributed by atoms with Crippen molar-refractivity contribution in [2.24, 2.45) is 10.2 Å². The van der Waals surface area contributed by atoms with Crippen LogP contribution in [-0.4, -0.2) is 20.9 Å². The van der Waals surface area contributed by atoms with Gasteiger partial charge in [0.1, 0.15) is 0 Å². The van der Waals surface area contributed by atoms with Gasteiger partial charge >= 0.3 is 5.97 Å². The van der Waals surface area contributed by atoms with Crippen LogP contribution in [-0.2, 0) is 0 Å². The van der Waals surface area contributed by atoms with E-state index in [1.165, 1.54) is 16.8 Å². The van der Waals surface area contributed by atoms with Crippen LogP contribution in [0.15, 0.2) is 57.5 Å². The first kappa shape index (κ1) is 17.3. The van der Waals surface area contributed by atoms with E-state index >= 15 is 0 Å². The third kappa shape index (κ3) is 3.32. The highest BCUT2D eigenvalue weighted by Gasteiger charge is 2.13. The number of H-pyrrole nitrogens is 1. The van der Waals surface area contributed by atoms with Gasteiger partial charge in [0.2, 0.25) is 0 Å².